The Balaban J connectivity index is 2.01. The van der Waals surface area contributed by atoms with Crippen molar-refractivity contribution >= 4 is 15.9 Å². The van der Waals surface area contributed by atoms with Crippen LogP contribution in [-0.2, 0) is 6.54 Å². The number of nitrogens with one attached hydrogen (secondary N) is 1. The molecule has 2 aromatic carbocycles. The predicted octanol–water partition coefficient (Wildman–Crippen LogP) is 4.75. The molecule has 0 aliphatic carbocycles. The molecule has 0 spiro atoms. The van der Waals surface area contributed by atoms with E-state index in [-0.39, 0.29) is 11.9 Å². The molecule has 0 heterocycles. The monoisotopic (exact) mass is 321 g/mol. The Morgan fingerprint density at radius 2 is 1.84 bits per heavy atom. The van der Waals surface area contributed by atoms with E-state index < -0.39 is 0 Å². The van der Waals surface area contributed by atoms with Crippen LogP contribution in [0, 0.1) is 12.7 Å². The van der Waals surface area contributed by atoms with Gasteiger partial charge in [0.2, 0.25) is 0 Å². The van der Waals surface area contributed by atoms with Crippen molar-refractivity contribution in [3.63, 3.8) is 0 Å². The van der Waals surface area contributed by atoms with Gasteiger partial charge in [-0.05, 0) is 31.5 Å². The third-order valence-electron chi connectivity index (χ3n) is 3.16. The van der Waals surface area contributed by atoms with E-state index in [9.17, 15) is 4.39 Å². The van der Waals surface area contributed by atoms with Crippen molar-refractivity contribution in [3.8, 4) is 0 Å². The Bertz CT molecular complexity index is 551. The number of halogens is 2. The van der Waals surface area contributed by atoms with E-state index in [1.807, 2.05) is 19.1 Å². The van der Waals surface area contributed by atoms with Gasteiger partial charge in [0.25, 0.3) is 0 Å². The van der Waals surface area contributed by atoms with Crippen molar-refractivity contribution in [3.05, 3.63) is 69.4 Å². The molecular weight excluding hydrogens is 305 g/mol. The summed E-state index contributed by atoms with van der Waals surface area (Å²) in [7, 11) is 0. The van der Waals surface area contributed by atoms with Gasteiger partial charge in [-0.15, -0.1) is 0 Å². The summed E-state index contributed by atoms with van der Waals surface area (Å²) in [4.78, 5) is 0. The topological polar surface area (TPSA) is 12.0 Å². The molecule has 1 unspecified atom stereocenters. The summed E-state index contributed by atoms with van der Waals surface area (Å²) >= 11 is 3.27. The number of aryl methyl sites for hydroxylation is 1. The van der Waals surface area contributed by atoms with Crippen molar-refractivity contribution in [2.24, 2.45) is 0 Å². The first-order chi connectivity index (χ1) is 9.06. The largest absolute Gasteiger partial charge is 0.306 e. The maximum atomic E-state index is 13.8. The van der Waals surface area contributed by atoms with Gasteiger partial charge in [0, 0.05) is 22.6 Å². The van der Waals surface area contributed by atoms with Crippen LogP contribution >= 0.6 is 15.9 Å². The quantitative estimate of drug-likeness (QED) is 0.857. The molecule has 0 amide bonds. The fourth-order valence-electron chi connectivity index (χ4n) is 1.94. The first-order valence-electron chi connectivity index (χ1n) is 6.30. The molecule has 3 heteroatoms. The van der Waals surface area contributed by atoms with Gasteiger partial charge in [-0.2, -0.15) is 0 Å². The van der Waals surface area contributed by atoms with Gasteiger partial charge in [-0.1, -0.05) is 51.8 Å². The minimum atomic E-state index is -0.182. The highest BCUT2D eigenvalue weighted by atomic mass is 79.9. The summed E-state index contributed by atoms with van der Waals surface area (Å²) in [5.41, 5.74) is 3.14. The molecule has 0 saturated carbocycles. The van der Waals surface area contributed by atoms with E-state index in [1.54, 1.807) is 0 Å². The molecular formula is C16H17BrFN. The molecule has 0 radical (unpaired) electrons. The van der Waals surface area contributed by atoms with Gasteiger partial charge >= 0.3 is 0 Å². The molecule has 2 aromatic rings. The predicted molar refractivity (Wildman–Crippen MR) is 80.5 cm³/mol. The molecule has 1 N–H and O–H groups in total. The second kappa shape index (κ2) is 6.31. The van der Waals surface area contributed by atoms with Crippen molar-refractivity contribution in [1.29, 1.82) is 0 Å². The van der Waals surface area contributed by atoms with Gasteiger partial charge in [-0.3, -0.25) is 0 Å². The van der Waals surface area contributed by atoms with Crippen LogP contribution < -0.4 is 5.32 Å². The molecule has 100 valence electrons. The van der Waals surface area contributed by atoms with Gasteiger partial charge in [-0.25, -0.2) is 4.39 Å². The van der Waals surface area contributed by atoms with Crippen LogP contribution in [0.5, 0.6) is 0 Å². The molecule has 19 heavy (non-hydrogen) atoms. The van der Waals surface area contributed by atoms with Crippen molar-refractivity contribution in [1.82, 2.24) is 5.32 Å². The molecule has 0 aromatic heterocycles. The van der Waals surface area contributed by atoms with Crippen LogP contribution in [0.25, 0.3) is 0 Å². The molecule has 1 atom stereocenters. The number of hydrogen-bond donors (Lipinski definition) is 1. The Morgan fingerprint density at radius 1 is 1.16 bits per heavy atom. The highest BCUT2D eigenvalue weighted by molar-refractivity contribution is 9.10. The van der Waals surface area contributed by atoms with E-state index in [1.165, 1.54) is 17.2 Å². The van der Waals surface area contributed by atoms with Crippen molar-refractivity contribution in [2.45, 2.75) is 26.4 Å². The zero-order valence-corrected chi connectivity index (χ0v) is 12.7. The Morgan fingerprint density at radius 3 is 2.47 bits per heavy atom. The van der Waals surface area contributed by atoms with Crippen LogP contribution in [0.15, 0.2) is 46.9 Å². The smallest absolute Gasteiger partial charge is 0.129 e. The molecule has 0 bridgehead atoms. The lowest BCUT2D eigenvalue weighted by Crippen LogP contribution is -2.19. The SMILES string of the molecule is Cc1ccc(CNC(C)c2ccc(Br)cc2F)cc1. The van der Waals surface area contributed by atoms with E-state index >= 15 is 0 Å². The maximum absolute atomic E-state index is 13.8. The summed E-state index contributed by atoms with van der Waals surface area (Å²) < 4.78 is 14.6. The molecule has 0 aliphatic heterocycles. The van der Waals surface area contributed by atoms with Gasteiger partial charge in [0.15, 0.2) is 0 Å². The van der Waals surface area contributed by atoms with Crippen molar-refractivity contribution < 1.29 is 4.39 Å². The van der Waals surface area contributed by atoms with Gasteiger partial charge in [0.05, 0.1) is 0 Å². The van der Waals surface area contributed by atoms with Gasteiger partial charge < -0.3 is 5.32 Å². The van der Waals surface area contributed by atoms with E-state index in [4.69, 9.17) is 0 Å². The number of hydrogen-bond acceptors (Lipinski definition) is 1. The molecule has 1 nitrogen and oxygen atoms in total. The standard InChI is InChI=1S/C16H17BrFN/c1-11-3-5-13(6-4-11)10-19-12(2)15-8-7-14(17)9-16(15)18/h3-9,12,19H,10H2,1-2H3. The summed E-state index contributed by atoms with van der Waals surface area (Å²) in [6.45, 7) is 4.77. The lowest BCUT2D eigenvalue weighted by Gasteiger charge is -2.15. The summed E-state index contributed by atoms with van der Waals surface area (Å²) in [5, 5.41) is 3.34. The average molecular weight is 322 g/mol. The number of benzene rings is 2. The molecule has 2 rings (SSSR count). The van der Waals surface area contributed by atoms with E-state index in [0.717, 1.165) is 11.0 Å². The second-order valence-electron chi connectivity index (χ2n) is 4.75. The highest BCUT2D eigenvalue weighted by Crippen LogP contribution is 2.21. The van der Waals surface area contributed by atoms with Crippen LogP contribution in [0.1, 0.15) is 29.7 Å². The zero-order chi connectivity index (χ0) is 13.8. The third-order valence-corrected chi connectivity index (χ3v) is 3.66. The lowest BCUT2D eigenvalue weighted by molar-refractivity contribution is 0.528. The summed E-state index contributed by atoms with van der Waals surface area (Å²) in [5.74, 6) is -0.182. The normalized spacial score (nSPS) is 12.4. The summed E-state index contributed by atoms with van der Waals surface area (Å²) in [6.07, 6.45) is 0. The van der Waals surface area contributed by atoms with Crippen LogP contribution in [-0.4, -0.2) is 0 Å². The fraction of sp³-hybridized carbons (Fsp3) is 0.250. The molecule has 0 saturated heterocycles. The second-order valence-corrected chi connectivity index (χ2v) is 5.67. The van der Waals surface area contributed by atoms with Crippen molar-refractivity contribution in [2.75, 3.05) is 0 Å². The number of rotatable bonds is 4. The fourth-order valence-corrected chi connectivity index (χ4v) is 2.27. The van der Waals surface area contributed by atoms with Crippen LogP contribution in [0.4, 0.5) is 4.39 Å². The Kier molecular flexibility index (Phi) is 4.72. The van der Waals surface area contributed by atoms with Gasteiger partial charge in [0.1, 0.15) is 5.82 Å². The Hall–Kier alpha value is -1.19. The summed E-state index contributed by atoms with van der Waals surface area (Å²) in [6, 6.07) is 13.5. The third kappa shape index (κ3) is 3.88. The highest BCUT2D eigenvalue weighted by Gasteiger charge is 2.10. The van der Waals surface area contributed by atoms with E-state index in [2.05, 4.69) is 52.4 Å². The molecule has 0 aliphatic rings. The maximum Gasteiger partial charge on any atom is 0.129 e. The lowest BCUT2D eigenvalue weighted by atomic mass is 10.1. The van der Waals surface area contributed by atoms with E-state index in [0.29, 0.717) is 5.56 Å². The minimum Gasteiger partial charge on any atom is -0.306 e. The zero-order valence-electron chi connectivity index (χ0n) is 11.1. The average Bonchev–Trinajstić information content (AvgIpc) is 2.37. The molecule has 0 fully saturated rings. The first kappa shape index (κ1) is 14.2. The Labute approximate surface area is 122 Å². The van der Waals surface area contributed by atoms with Crippen LogP contribution in [0.3, 0.4) is 0 Å². The first-order valence-corrected chi connectivity index (χ1v) is 7.09. The van der Waals surface area contributed by atoms with Crippen LogP contribution in [0.2, 0.25) is 0 Å². The minimum absolute atomic E-state index is 0.0191.